The van der Waals surface area contributed by atoms with E-state index in [9.17, 15) is 19.5 Å². The number of aromatic nitrogens is 1. The van der Waals surface area contributed by atoms with E-state index in [2.05, 4.69) is 15.5 Å². The zero-order chi connectivity index (χ0) is 24.4. The maximum Gasteiger partial charge on any atom is 0.413 e. The zero-order valence-electron chi connectivity index (χ0n) is 20.0. The summed E-state index contributed by atoms with van der Waals surface area (Å²) in [5.74, 6) is -0.138. The second-order valence-electron chi connectivity index (χ2n) is 9.71. The third-order valence-electron chi connectivity index (χ3n) is 6.85. The largest absolute Gasteiger partial charge is 0.413 e. The monoisotopic (exact) mass is 470 g/mol. The Bertz CT molecular complexity index is 1100. The summed E-state index contributed by atoms with van der Waals surface area (Å²) in [4.78, 5) is 39.1. The Morgan fingerprint density at radius 1 is 1.18 bits per heavy atom. The van der Waals surface area contributed by atoms with Crippen LogP contribution in [0.2, 0.25) is 0 Å². The molecular weight excluding hydrogens is 436 g/mol. The third-order valence-corrected chi connectivity index (χ3v) is 6.85. The first kappa shape index (κ1) is 24.2. The average Bonchev–Trinajstić information content (AvgIpc) is 3.00. The van der Waals surface area contributed by atoms with Crippen LogP contribution in [0, 0.1) is 0 Å². The minimum Gasteiger partial charge on any atom is -0.404 e. The number of nitrogens with one attached hydrogen (secondary N) is 2. The highest BCUT2D eigenvalue weighted by Gasteiger charge is 2.41. The number of ether oxygens (including phenoxy) is 1. The first-order valence-corrected chi connectivity index (χ1v) is 12.0. The molecule has 2 saturated heterocycles. The zero-order valence-corrected chi connectivity index (χ0v) is 20.0. The van der Waals surface area contributed by atoms with Crippen molar-refractivity contribution in [2.75, 3.05) is 13.1 Å². The highest BCUT2D eigenvalue weighted by molar-refractivity contribution is 5.81. The van der Waals surface area contributed by atoms with Gasteiger partial charge >= 0.3 is 6.09 Å². The Balaban J connectivity index is 1.39. The molecule has 3 heterocycles. The quantitative estimate of drug-likeness (QED) is 0.572. The molecule has 2 fully saturated rings. The van der Waals surface area contributed by atoms with Crippen molar-refractivity contribution in [3.05, 3.63) is 40.7 Å². The van der Waals surface area contributed by atoms with E-state index in [1.807, 2.05) is 38.1 Å². The van der Waals surface area contributed by atoms with E-state index in [-0.39, 0.29) is 47.9 Å². The number of aliphatic hydroxyl groups excluding tert-OH is 1. The molecule has 184 valence electrons. The van der Waals surface area contributed by atoms with Gasteiger partial charge in [0.2, 0.25) is 5.91 Å². The van der Waals surface area contributed by atoms with Gasteiger partial charge in [-0.15, -0.1) is 0 Å². The number of hydrogen-bond acceptors (Lipinski definition) is 6. The average molecular weight is 471 g/mol. The molecule has 2 amide bonds. The number of nitrogens with zero attached hydrogens (tertiary/aromatic N) is 2. The van der Waals surface area contributed by atoms with Crippen molar-refractivity contribution in [2.45, 2.75) is 76.7 Å². The summed E-state index contributed by atoms with van der Waals surface area (Å²) in [6, 6.07) is 9.56. The van der Waals surface area contributed by atoms with Crippen LogP contribution in [0.5, 0.6) is 5.75 Å². The number of carbonyl (C=O) groups excluding carboxylic acids is 2. The molecule has 0 saturated carbocycles. The lowest BCUT2D eigenvalue weighted by Crippen LogP contribution is -2.53. The van der Waals surface area contributed by atoms with Crippen molar-refractivity contribution < 1.29 is 19.4 Å². The summed E-state index contributed by atoms with van der Waals surface area (Å²) in [6.07, 6.45) is 2.28. The Hall–Kier alpha value is -2.91. The molecule has 2 aliphatic rings. The SMILES string of the molecule is CC(=O)NCC(O)CN1[C@@H]2CC[C@H]1CC(NC(=O)Oc1cc3ccccc3n(C(C)C)c1=O)C2. The van der Waals surface area contributed by atoms with E-state index in [1.165, 1.54) is 6.92 Å². The fraction of sp³-hybridized carbons (Fsp3) is 0.560. The fourth-order valence-corrected chi connectivity index (χ4v) is 5.40. The number of para-hydroxylation sites is 1. The number of fused-ring (bicyclic) bond motifs is 3. The molecule has 0 radical (unpaired) electrons. The number of hydrogen-bond donors (Lipinski definition) is 3. The van der Waals surface area contributed by atoms with Gasteiger partial charge in [-0.2, -0.15) is 0 Å². The maximum atomic E-state index is 13.0. The fourth-order valence-electron chi connectivity index (χ4n) is 5.40. The third kappa shape index (κ3) is 5.26. The first-order valence-electron chi connectivity index (χ1n) is 12.0. The molecule has 2 aliphatic heterocycles. The van der Waals surface area contributed by atoms with Gasteiger partial charge in [0.15, 0.2) is 5.75 Å². The lowest BCUT2D eigenvalue weighted by atomic mass is 9.97. The molecule has 34 heavy (non-hydrogen) atoms. The van der Waals surface area contributed by atoms with Crippen LogP contribution >= 0.6 is 0 Å². The van der Waals surface area contributed by atoms with Gasteiger partial charge < -0.3 is 25.0 Å². The number of amides is 2. The van der Waals surface area contributed by atoms with Gasteiger partial charge in [-0.05, 0) is 51.7 Å². The van der Waals surface area contributed by atoms with E-state index in [0.717, 1.165) is 36.6 Å². The summed E-state index contributed by atoms with van der Waals surface area (Å²) in [5.41, 5.74) is 0.479. The van der Waals surface area contributed by atoms with Gasteiger partial charge in [0, 0.05) is 49.6 Å². The van der Waals surface area contributed by atoms with Crippen LogP contribution < -0.4 is 20.9 Å². The highest BCUT2D eigenvalue weighted by Crippen LogP contribution is 2.35. The summed E-state index contributed by atoms with van der Waals surface area (Å²) < 4.78 is 7.15. The molecular formula is C25H34N4O5. The van der Waals surface area contributed by atoms with Gasteiger partial charge in [0.05, 0.1) is 11.6 Å². The van der Waals surface area contributed by atoms with Crippen LogP contribution in [0.15, 0.2) is 35.1 Å². The summed E-state index contributed by atoms with van der Waals surface area (Å²) >= 11 is 0. The van der Waals surface area contributed by atoms with Crippen LogP contribution in [-0.2, 0) is 4.79 Å². The van der Waals surface area contributed by atoms with Crippen LogP contribution in [0.3, 0.4) is 0 Å². The Morgan fingerprint density at radius 3 is 2.50 bits per heavy atom. The molecule has 0 spiro atoms. The molecule has 3 N–H and O–H groups in total. The standard InChI is InChI=1S/C25H34N4O5/c1-15(2)29-22-7-5-4-6-17(22)10-23(24(29)32)34-25(33)27-18-11-19-8-9-20(12-18)28(19)14-21(31)13-26-16(3)30/h4-7,10,15,18-21,31H,8-9,11-14H2,1-3H3,(H,26,30)(H,27,33)/t18?,19-,20+,21?. The van der Waals surface area contributed by atoms with Crippen LogP contribution in [-0.4, -0.2) is 63.9 Å². The van der Waals surface area contributed by atoms with E-state index in [4.69, 9.17) is 4.74 Å². The molecule has 0 aliphatic carbocycles. The van der Waals surface area contributed by atoms with Crippen LogP contribution in [0.1, 0.15) is 52.5 Å². The van der Waals surface area contributed by atoms with Gasteiger partial charge in [0.1, 0.15) is 0 Å². The molecule has 9 heteroatoms. The van der Waals surface area contributed by atoms with Gasteiger partial charge in [-0.3, -0.25) is 14.5 Å². The molecule has 1 aromatic carbocycles. The number of piperidine rings is 1. The van der Waals surface area contributed by atoms with E-state index in [1.54, 1.807) is 10.6 Å². The van der Waals surface area contributed by atoms with Crippen molar-refractivity contribution >= 4 is 22.9 Å². The van der Waals surface area contributed by atoms with Gasteiger partial charge in [0.25, 0.3) is 5.56 Å². The Morgan fingerprint density at radius 2 is 1.85 bits per heavy atom. The predicted octanol–water partition coefficient (Wildman–Crippen LogP) is 2.16. The second-order valence-corrected chi connectivity index (χ2v) is 9.71. The number of aliphatic hydroxyl groups is 1. The van der Waals surface area contributed by atoms with Crippen LogP contribution in [0.25, 0.3) is 10.9 Å². The predicted molar refractivity (Wildman–Crippen MR) is 129 cm³/mol. The molecule has 1 aromatic heterocycles. The Kier molecular flexibility index (Phi) is 7.23. The maximum absolute atomic E-state index is 13.0. The number of pyridine rings is 1. The Labute approximate surface area is 199 Å². The number of benzene rings is 1. The van der Waals surface area contributed by atoms with E-state index >= 15 is 0 Å². The molecule has 9 nitrogen and oxygen atoms in total. The summed E-state index contributed by atoms with van der Waals surface area (Å²) in [7, 11) is 0. The minimum atomic E-state index is -0.627. The summed E-state index contributed by atoms with van der Waals surface area (Å²) in [6.45, 7) is 6.02. The second kappa shape index (κ2) is 10.1. The molecule has 2 aromatic rings. The van der Waals surface area contributed by atoms with Crippen molar-refractivity contribution in [3.8, 4) is 5.75 Å². The summed E-state index contributed by atoms with van der Waals surface area (Å²) in [5, 5.41) is 16.7. The lowest BCUT2D eigenvalue weighted by Gasteiger charge is -2.39. The van der Waals surface area contributed by atoms with Crippen molar-refractivity contribution in [1.82, 2.24) is 20.1 Å². The van der Waals surface area contributed by atoms with Crippen LogP contribution in [0.4, 0.5) is 4.79 Å². The van der Waals surface area contributed by atoms with E-state index < -0.39 is 12.2 Å². The van der Waals surface area contributed by atoms with E-state index in [0.29, 0.717) is 6.54 Å². The van der Waals surface area contributed by atoms with Gasteiger partial charge in [-0.1, -0.05) is 18.2 Å². The number of rotatable bonds is 7. The van der Waals surface area contributed by atoms with Crippen molar-refractivity contribution in [3.63, 3.8) is 0 Å². The molecule has 4 rings (SSSR count). The number of carbonyl (C=O) groups is 2. The normalized spacial score (nSPS) is 23.1. The molecule has 2 unspecified atom stereocenters. The lowest BCUT2D eigenvalue weighted by molar-refractivity contribution is -0.119. The smallest absolute Gasteiger partial charge is 0.404 e. The van der Waals surface area contributed by atoms with Crippen molar-refractivity contribution in [1.29, 1.82) is 0 Å². The highest BCUT2D eigenvalue weighted by atomic mass is 16.6. The van der Waals surface area contributed by atoms with Crippen molar-refractivity contribution in [2.24, 2.45) is 0 Å². The first-order chi connectivity index (χ1) is 16.2. The minimum absolute atomic E-state index is 0.0198. The molecule has 4 atom stereocenters. The molecule has 2 bridgehead atoms. The van der Waals surface area contributed by atoms with Gasteiger partial charge in [-0.25, -0.2) is 4.79 Å². The topological polar surface area (TPSA) is 113 Å².